The molecule has 0 aliphatic heterocycles. The van der Waals surface area contributed by atoms with Crippen LogP contribution in [0.25, 0.3) is 10.4 Å². The topological polar surface area (TPSA) is 114 Å². The molecule has 0 aliphatic rings. The molecule has 0 bridgehead atoms. The number of nitrogens with zero attached hydrogens (tertiary/aromatic N) is 2. The van der Waals surface area contributed by atoms with Crippen LogP contribution >= 0.6 is 22.9 Å². The van der Waals surface area contributed by atoms with E-state index in [1.807, 2.05) is 44.2 Å². The zero-order valence-corrected chi connectivity index (χ0v) is 20.5. The Balaban J connectivity index is 2.00. The monoisotopic (exact) mass is 499 g/mol. The van der Waals surface area contributed by atoms with Crippen LogP contribution in [0.15, 0.2) is 60.9 Å². The zero-order chi connectivity index (χ0) is 24.9. The number of carboxylic acids is 1. The van der Waals surface area contributed by atoms with Crippen molar-refractivity contribution in [3.8, 4) is 10.4 Å². The Kier molecular flexibility index (Phi) is 8.06. The molecule has 2 amide bonds. The Morgan fingerprint density at radius 1 is 1.09 bits per heavy atom. The molecule has 7 nitrogen and oxygen atoms in total. The second-order valence-electron chi connectivity index (χ2n) is 8.55. The van der Waals surface area contributed by atoms with Gasteiger partial charge in [-0.1, -0.05) is 23.7 Å². The van der Waals surface area contributed by atoms with E-state index < -0.39 is 29.4 Å². The van der Waals surface area contributed by atoms with Gasteiger partial charge in [0, 0.05) is 34.3 Å². The number of halogens is 1. The summed E-state index contributed by atoms with van der Waals surface area (Å²) in [7, 11) is 0. The highest BCUT2D eigenvalue weighted by atomic mass is 35.5. The molecule has 178 valence electrons. The lowest BCUT2D eigenvalue weighted by Crippen LogP contribution is -2.57. The molecule has 34 heavy (non-hydrogen) atoms. The van der Waals surface area contributed by atoms with E-state index in [2.05, 4.69) is 4.98 Å². The molecule has 1 aromatic carbocycles. The largest absolute Gasteiger partial charge is 0.480 e. The Bertz CT molecular complexity index is 1160. The van der Waals surface area contributed by atoms with Crippen LogP contribution < -0.4 is 5.73 Å². The minimum atomic E-state index is -1.23. The molecule has 3 aromatic rings. The highest BCUT2D eigenvalue weighted by Crippen LogP contribution is 2.33. The van der Waals surface area contributed by atoms with Gasteiger partial charge in [-0.2, -0.15) is 0 Å². The third-order valence-electron chi connectivity index (χ3n) is 5.46. The average molecular weight is 500 g/mol. The summed E-state index contributed by atoms with van der Waals surface area (Å²) in [6, 6.07) is 13.2. The van der Waals surface area contributed by atoms with Gasteiger partial charge in [0.2, 0.25) is 5.91 Å². The number of carbonyl (C=O) groups excluding carboxylic acids is 2. The highest BCUT2D eigenvalue weighted by molar-refractivity contribution is 7.17. The lowest BCUT2D eigenvalue weighted by molar-refractivity contribution is -0.144. The van der Waals surface area contributed by atoms with Crippen molar-refractivity contribution in [3.63, 3.8) is 0 Å². The Hall–Kier alpha value is -3.23. The number of pyridine rings is 1. The SMILES string of the molecule is CC(C)(Cc1ccc(Cl)cc1)N(C(=O)c1ccc(-c2ccncc2)s1)[C@@H](CCC(N)=O)C(=O)O. The molecule has 0 spiro atoms. The lowest BCUT2D eigenvalue weighted by Gasteiger charge is -2.42. The van der Waals surface area contributed by atoms with Gasteiger partial charge in [0.25, 0.3) is 5.91 Å². The van der Waals surface area contributed by atoms with Crippen LogP contribution in [0.5, 0.6) is 0 Å². The molecule has 0 saturated carbocycles. The molecule has 1 atom stereocenters. The first kappa shape index (κ1) is 25.4. The number of carboxylic acid groups (broad SMARTS) is 1. The number of hydrogen-bond donors (Lipinski definition) is 2. The Morgan fingerprint density at radius 3 is 2.32 bits per heavy atom. The smallest absolute Gasteiger partial charge is 0.326 e. The molecular weight excluding hydrogens is 474 g/mol. The first-order valence-corrected chi connectivity index (χ1v) is 11.9. The standard InChI is InChI=1S/C25H26ClN3O4S/c1-25(2,15-16-3-5-18(26)6-4-16)29(19(24(32)33)7-10-22(27)30)23(31)21-9-8-20(34-21)17-11-13-28-14-12-17/h3-6,8-9,11-14,19H,7,10,15H2,1-2H3,(H2,27,30)(H,32,33)/t19-/m0/s1. The summed E-state index contributed by atoms with van der Waals surface area (Å²) in [4.78, 5) is 44.2. The van der Waals surface area contributed by atoms with E-state index in [-0.39, 0.29) is 12.8 Å². The van der Waals surface area contributed by atoms with Gasteiger partial charge in [-0.25, -0.2) is 4.79 Å². The summed E-state index contributed by atoms with van der Waals surface area (Å²) in [5.74, 6) is -2.23. The van der Waals surface area contributed by atoms with Crippen LogP contribution in [0.4, 0.5) is 0 Å². The number of nitrogens with two attached hydrogens (primary N) is 1. The fourth-order valence-corrected chi connectivity index (χ4v) is 4.98. The first-order valence-electron chi connectivity index (χ1n) is 10.7. The van der Waals surface area contributed by atoms with E-state index >= 15 is 0 Å². The van der Waals surface area contributed by atoms with Crippen molar-refractivity contribution >= 4 is 40.7 Å². The van der Waals surface area contributed by atoms with Crippen molar-refractivity contribution in [2.24, 2.45) is 5.73 Å². The number of hydrogen-bond acceptors (Lipinski definition) is 5. The van der Waals surface area contributed by atoms with Crippen molar-refractivity contribution in [1.82, 2.24) is 9.88 Å². The maximum absolute atomic E-state index is 13.8. The van der Waals surface area contributed by atoms with Crippen LogP contribution in [0.2, 0.25) is 5.02 Å². The number of aliphatic carboxylic acids is 1. The second kappa shape index (κ2) is 10.8. The van der Waals surface area contributed by atoms with E-state index in [1.54, 1.807) is 30.6 Å². The van der Waals surface area contributed by atoms with Gasteiger partial charge < -0.3 is 15.7 Å². The number of rotatable bonds is 10. The molecule has 3 rings (SSSR count). The molecule has 9 heteroatoms. The highest BCUT2D eigenvalue weighted by Gasteiger charge is 2.41. The van der Waals surface area contributed by atoms with Gasteiger partial charge in [-0.3, -0.25) is 14.6 Å². The molecule has 3 N–H and O–H groups in total. The summed E-state index contributed by atoms with van der Waals surface area (Å²) in [5, 5.41) is 10.6. The van der Waals surface area contributed by atoms with Crippen molar-refractivity contribution < 1.29 is 19.5 Å². The quantitative estimate of drug-likeness (QED) is 0.421. The van der Waals surface area contributed by atoms with Crippen molar-refractivity contribution in [3.05, 3.63) is 76.4 Å². The van der Waals surface area contributed by atoms with Crippen LogP contribution in [0, 0.1) is 0 Å². The zero-order valence-electron chi connectivity index (χ0n) is 18.9. The Morgan fingerprint density at radius 2 is 1.74 bits per heavy atom. The summed E-state index contributed by atoms with van der Waals surface area (Å²) in [6.07, 6.45) is 3.50. The predicted octanol–water partition coefficient (Wildman–Crippen LogP) is 4.65. The number of aromatic nitrogens is 1. The van der Waals surface area contributed by atoms with Crippen molar-refractivity contribution in [2.45, 2.75) is 44.7 Å². The van der Waals surface area contributed by atoms with E-state index in [9.17, 15) is 19.5 Å². The number of benzene rings is 1. The van der Waals surface area contributed by atoms with Gasteiger partial charge in [0.1, 0.15) is 6.04 Å². The minimum Gasteiger partial charge on any atom is -0.480 e. The first-order chi connectivity index (χ1) is 16.1. The normalized spacial score (nSPS) is 12.2. The average Bonchev–Trinajstić information content (AvgIpc) is 3.28. The number of amides is 2. The molecule has 2 aromatic heterocycles. The third-order valence-corrected chi connectivity index (χ3v) is 6.84. The van der Waals surface area contributed by atoms with Gasteiger partial charge >= 0.3 is 5.97 Å². The molecule has 0 radical (unpaired) electrons. The number of carbonyl (C=O) groups is 3. The van der Waals surface area contributed by atoms with Gasteiger partial charge in [0.15, 0.2) is 0 Å². The summed E-state index contributed by atoms with van der Waals surface area (Å²) in [6.45, 7) is 3.63. The van der Waals surface area contributed by atoms with E-state index in [4.69, 9.17) is 17.3 Å². The van der Waals surface area contributed by atoms with E-state index in [0.717, 1.165) is 16.0 Å². The van der Waals surface area contributed by atoms with Crippen LogP contribution in [-0.2, 0) is 16.0 Å². The summed E-state index contributed by atoms with van der Waals surface area (Å²) < 4.78 is 0. The predicted molar refractivity (Wildman–Crippen MR) is 133 cm³/mol. The fourth-order valence-electron chi connectivity index (χ4n) is 3.91. The maximum atomic E-state index is 13.8. The molecule has 2 heterocycles. The van der Waals surface area contributed by atoms with Crippen LogP contribution in [0.3, 0.4) is 0 Å². The van der Waals surface area contributed by atoms with Gasteiger partial charge in [-0.15, -0.1) is 11.3 Å². The van der Waals surface area contributed by atoms with E-state index in [1.165, 1.54) is 16.2 Å². The molecular formula is C25H26ClN3O4S. The Labute approximate surface area is 207 Å². The van der Waals surface area contributed by atoms with E-state index in [0.29, 0.717) is 16.3 Å². The van der Waals surface area contributed by atoms with Crippen molar-refractivity contribution in [2.75, 3.05) is 0 Å². The second-order valence-corrected chi connectivity index (χ2v) is 10.1. The molecule has 0 unspecified atom stereocenters. The van der Waals surface area contributed by atoms with Gasteiger partial charge in [-0.05, 0) is 74.2 Å². The molecule has 0 aliphatic carbocycles. The maximum Gasteiger partial charge on any atom is 0.326 e. The van der Waals surface area contributed by atoms with Crippen LogP contribution in [-0.4, -0.2) is 44.4 Å². The fraction of sp³-hybridized carbons (Fsp3) is 0.280. The molecule has 0 saturated heterocycles. The molecule has 0 fully saturated rings. The van der Waals surface area contributed by atoms with Gasteiger partial charge in [0.05, 0.1) is 4.88 Å². The minimum absolute atomic E-state index is 0.0803. The lowest BCUT2D eigenvalue weighted by atomic mass is 9.90. The van der Waals surface area contributed by atoms with Crippen molar-refractivity contribution in [1.29, 1.82) is 0 Å². The van der Waals surface area contributed by atoms with Crippen LogP contribution in [0.1, 0.15) is 41.9 Å². The summed E-state index contributed by atoms with van der Waals surface area (Å²) >= 11 is 7.28. The number of thiophene rings is 1. The summed E-state index contributed by atoms with van der Waals surface area (Å²) in [5.41, 5.74) is 6.21. The number of primary amides is 1. The third kappa shape index (κ3) is 6.21.